The number of benzene rings is 1. The van der Waals surface area contributed by atoms with Gasteiger partial charge in [0.05, 0.1) is 0 Å². The summed E-state index contributed by atoms with van der Waals surface area (Å²) in [6.45, 7) is 3.80. The Morgan fingerprint density at radius 1 is 0.667 bits per heavy atom. The van der Waals surface area contributed by atoms with Gasteiger partial charge in [-0.25, -0.2) is 4.39 Å². The van der Waals surface area contributed by atoms with Crippen molar-refractivity contribution in [3.63, 3.8) is 0 Å². The van der Waals surface area contributed by atoms with E-state index < -0.39 is 98.6 Å². The molecule has 0 N–H and O–H groups in total. The Bertz CT molecular complexity index is 1190. The fourth-order valence-corrected chi connectivity index (χ4v) is 10.4. The highest BCUT2D eigenvalue weighted by Gasteiger charge is 2.96. The summed E-state index contributed by atoms with van der Waals surface area (Å²) in [4.78, 5) is 0. The number of ether oxygens (including phenoxy) is 1. The van der Waals surface area contributed by atoms with E-state index in [-0.39, 0.29) is 0 Å². The number of hydrogen-bond donors (Lipinski definition) is 0. The molecule has 2 rings (SSSR count). The molecule has 0 amide bonds. The third kappa shape index (κ3) is 6.41. The Hall–Kier alpha value is -1.87. The molecular weight excluding hydrogens is 723 g/mol. The molecule has 21 heteroatoms. The van der Waals surface area contributed by atoms with Gasteiger partial charge in [-0.3, -0.25) is 0 Å². The Kier molecular flexibility index (Phi) is 12.9. The lowest BCUT2D eigenvalue weighted by molar-refractivity contribution is -0.463. The molecule has 1 aromatic rings. The molecule has 0 saturated carbocycles. The van der Waals surface area contributed by atoms with Crippen molar-refractivity contribution in [1.82, 2.24) is 0 Å². The van der Waals surface area contributed by atoms with Gasteiger partial charge in [-0.2, -0.15) is 70.2 Å². The summed E-state index contributed by atoms with van der Waals surface area (Å²) >= 11 is 0. The maximum absolute atomic E-state index is 16.3. The minimum atomic E-state index is -8.64. The first kappa shape index (κ1) is 44.1. The van der Waals surface area contributed by atoms with Gasteiger partial charge in [0.15, 0.2) is 0 Å². The summed E-state index contributed by atoms with van der Waals surface area (Å²) in [7, 11) is -2.69. The van der Waals surface area contributed by atoms with Crippen LogP contribution in [0.1, 0.15) is 38.7 Å². The molecule has 0 aromatic heterocycles. The molecule has 1 heterocycles. The van der Waals surface area contributed by atoms with Gasteiger partial charge in [0.1, 0.15) is 5.22 Å². The maximum atomic E-state index is 16.3. The summed E-state index contributed by atoms with van der Waals surface area (Å²) < 4.78 is 254. The number of methoxy groups -OCH3 is 1. The Balaban J connectivity index is 0.00000145. The first-order valence-corrected chi connectivity index (χ1v) is 15.8. The van der Waals surface area contributed by atoms with Crippen molar-refractivity contribution < 1.29 is 88.2 Å². The Morgan fingerprint density at radius 2 is 1.08 bits per heavy atom. The Morgan fingerprint density at radius 3 is 1.40 bits per heavy atom. The molecule has 1 fully saturated rings. The lowest BCUT2D eigenvalue weighted by atomic mass is 9.67. The van der Waals surface area contributed by atoms with E-state index in [0.29, 0.717) is 14.0 Å². The van der Waals surface area contributed by atoms with E-state index in [2.05, 4.69) is 19.1 Å². The van der Waals surface area contributed by atoms with Crippen molar-refractivity contribution in [3.8, 4) is 0 Å². The van der Waals surface area contributed by atoms with Crippen molar-refractivity contribution in [2.45, 2.75) is 98.9 Å². The van der Waals surface area contributed by atoms with Gasteiger partial charge in [0.25, 0.3) is 5.67 Å². The van der Waals surface area contributed by atoms with E-state index in [1.54, 1.807) is 0 Å². The predicted molar refractivity (Wildman–Crippen MR) is 138 cm³/mol. The van der Waals surface area contributed by atoms with Crippen LogP contribution in [0.3, 0.4) is 0 Å². The lowest BCUT2D eigenvalue weighted by Crippen LogP contribution is -2.81. The quantitative estimate of drug-likeness (QED) is 0.166. The monoisotopic (exact) mass is 756 g/mol. The zero-order valence-corrected chi connectivity index (χ0v) is 27.0. The zero-order chi connectivity index (χ0) is 38.2. The topological polar surface area (TPSA) is 27.7 Å². The third-order valence-corrected chi connectivity index (χ3v) is 12.8. The molecule has 1 aliphatic rings. The smallest absolute Gasteiger partial charge is 0.396 e. The van der Waals surface area contributed by atoms with E-state index in [1.807, 2.05) is 18.2 Å². The van der Waals surface area contributed by atoms with Crippen LogP contribution in [0, 0.1) is 18.8 Å². The third-order valence-electron chi connectivity index (χ3n) is 8.46. The van der Waals surface area contributed by atoms with Crippen LogP contribution in [-0.2, 0) is 13.6 Å². The fourth-order valence-electron chi connectivity index (χ4n) is 6.02. The average molecular weight is 757 g/mol. The number of halogens is 17. The van der Waals surface area contributed by atoms with Crippen molar-refractivity contribution in [1.29, 1.82) is 0 Å². The maximum Gasteiger partial charge on any atom is 0.460 e. The minimum Gasteiger partial charge on any atom is -0.396 e. The molecule has 0 radical (unpaired) electrons. The number of rotatable bonds is 11. The van der Waals surface area contributed by atoms with Gasteiger partial charge < -0.3 is 13.6 Å². The van der Waals surface area contributed by atoms with Crippen LogP contribution >= 0.6 is 0 Å². The highest BCUT2D eigenvalue weighted by molar-refractivity contribution is 6.70. The summed E-state index contributed by atoms with van der Waals surface area (Å²) in [5.74, 6) is -48.0. The highest BCUT2D eigenvalue weighted by Crippen LogP contribution is 2.68. The molecule has 0 spiro atoms. The van der Waals surface area contributed by atoms with Crippen LogP contribution in [0.2, 0.25) is 6.04 Å². The fraction of sp³-hybridized carbons (Fsp3) is 0.778. The van der Waals surface area contributed by atoms with Gasteiger partial charge in [0, 0.05) is 27.2 Å². The van der Waals surface area contributed by atoms with Crippen LogP contribution < -0.4 is 0 Å². The molecule has 1 aromatic carbocycles. The second kappa shape index (κ2) is 14.0. The summed E-state index contributed by atoms with van der Waals surface area (Å²) in [5, 5.41) is -3.11. The van der Waals surface area contributed by atoms with E-state index in [0.717, 1.165) is 21.1 Å². The van der Waals surface area contributed by atoms with Crippen molar-refractivity contribution in [2.75, 3.05) is 21.3 Å². The van der Waals surface area contributed by atoms with Crippen LogP contribution in [0.15, 0.2) is 30.3 Å². The first-order valence-electron chi connectivity index (χ1n) is 13.8. The number of aryl methyl sites for hydroxylation is 1. The van der Waals surface area contributed by atoms with Gasteiger partial charge in [-0.15, -0.1) is 0 Å². The van der Waals surface area contributed by atoms with E-state index in [9.17, 15) is 61.5 Å². The molecule has 282 valence electrons. The molecule has 3 nitrogen and oxygen atoms in total. The molecule has 48 heavy (non-hydrogen) atoms. The average Bonchev–Trinajstić information content (AvgIpc) is 2.96. The Labute approximate surface area is 265 Å². The summed E-state index contributed by atoms with van der Waals surface area (Å²) in [6.07, 6.45) is -17.4. The molecule has 4 unspecified atom stereocenters. The van der Waals surface area contributed by atoms with Crippen molar-refractivity contribution in [3.05, 3.63) is 35.9 Å². The van der Waals surface area contributed by atoms with Gasteiger partial charge in [-0.05, 0) is 31.7 Å². The molecule has 4 atom stereocenters. The van der Waals surface area contributed by atoms with Crippen LogP contribution in [0.4, 0.5) is 74.6 Å². The van der Waals surface area contributed by atoms with Crippen LogP contribution in [-0.4, -0.2) is 82.7 Å². The first-order chi connectivity index (χ1) is 21.4. The second-order valence-electron chi connectivity index (χ2n) is 11.2. The summed E-state index contributed by atoms with van der Waals surface area (Å²) in [5.41, 5.74) is -5.72. The van der Waals surface area contributed by atoms with E-state index >= 15 is 13.2 Å². The van der Waals surface area contributed by atoms with Crippen molar-refractivity contribution in [2.24, 2.45) is 11.8 Å². The van der Waals surface area contributed by atoms with Crippen LogP contribution in [0.25, 0.3) is 0 Å². The minimum absolute atomic E-state index is 0.416. The molecule has 1 aliphatic heterocycles. The van der Waals surface area contributed by atoms with Gasteiger partial charge in [-0.1, -0.05) is 56.2 Å². The van der Waals surface area contributed by atoms with Crippen molar-refractivity contribution >= 4 is 8.56 Å². The normalized spacial score (nSPS) is 24.4. The standard InChI is InChI=1S/C20H25F17O3Si.C7H8/c1-6-8-12(38-3)11(10(2)7-9-41(12,39-4)40-5)13(21,19(32,33)34)14(22,23)15(24,25)16(26,27)17(28,29)18(30,31)20(35,36)37;1-7-5-3-2-4-6-7/h10-11H,6-9H2,1-5H3;2-6H,1H3. The van der Waals surface area contributed by atoms with Gasteiger partial charge >= 0.3 is 50.5 Å². The predicted octanol–water partition coefficient (Wildman–Crippen LogP) is 10.1. The van der Waals surface area contributed by atoms with Gasteiger partial charge in [0.2, 0.25) is 0 Å². The molecule has 1 saturated heterocycles. The van der Waals surface area contributed by atoms with E-state index in [1.165, 1.54) is 5.56 Å². The second-order valence-corrected chi connectivity index (χ2v) is 14.9. The SMILES string of the molecule is CCCC1(OC)C(C(F)(C(F)(F)F)C(F)(F)C(F)(F)C(F)(F)C(F)(F)C(F)(F)C(F)(F)F)C(C)CC[Si]1(OC)OC.Cc1ccccc1. The largest absolute Gasteiger partial charge is 0.460 e. The molecule has 0 bridgehead atoms. The van der Waals surface area contributed by atoms with Crippen LogP contribution in [0.5, 0.6) is 0 Å². The number of hydrogen-bond acceptors (Lipinski definition) is 3. The lowest BCUT2D eigenvalue weighted by Gasteiger charge is -2.59. The highest BCUT2D eigenvalue weighted by atomic mass is 28.4. The number of alkyl halides is 17. The molecular formula is C27H33F17O3Si. The van der Waals surface area contributed by atoms with E-state index in [4.69, 9.17) is 13.6 Å². The molecule has 0 aliphatic carbocycles. The zero-order valence-electron chi connectivity index (χ0n) is 26.0. The summed E-state index contributed by atoms with van der Waals surface area (Å²) in [6, 6.07) is 9.78.